The Bertz CT molecular complexity index is 519. The van der Waals surface area contributed by atoms with Gasteiger partial charge in [-0.15, -0.1) is 0 Å². The van der Waals surface area contributed by atoms with Crippen LogP contribution in [0.5, 0.6) is 0 Å². The fourth-order valence-electron chi connectivity index (χ4n) is 2.80. The van der Waals surface area contributed by atoms with E-state index in [9.17, 15) is 0 Å². The number of hydrogen-bond donors (Lipinski definition) is 1. The van der Waals surface area contributed by atoms with Crippen LogP contribution in [0.1, 0.15) is 54.0 Å². The van der Waals surface area contributed by atoms with Crippen LogP contribution in [-0.2, 0) is 6.54 Å². The highest BCUT2D eigenvalue weighted by Gasteiger charge is 2.09. The van der Waals surface area contributed by atoms with E-state index in [4.69, 9.17) is 5.73 Å². The summed E-state index contributed by atoms with van der Waals surface area (Å²) in [4.78, 5) is 2.46. The Balaban J connectivity index is 0.000000396. The van der Waals surface area contributed by atoms with Gasteiger partial charge >= 0.3 is 0 Å². The first-order chi connectivity index (χ1) is 11.0. The summed E-state index contributed by atoms with van der Waals surface area (Å²) in [5.41, 5.74) is 6.83. The third-order valence-corrected chi connectivity index (χ3v) is 3.79. The van der Waals surface area contributed by atoms with E-state index >= 15 is 0 Å². The maximum Gasteiger partial charge on any atom is 0.0184 e. The Hall–Kier alpha value is -1.38. The minimum Gasteiger partial charge on any atom is -0.326 e. The summed E-state index contributed by atoms with van der Waals surface area (Å²) in [5, 5.41) is 2.53. The molecule has 0 radical (unpaired) electrons. The molecule has 0 aliphatic heterocycles. The quantitative estimate of drug-likeness (QED) is 0.812. The number of hydrogen-bond acceptors (Lipinski definition) is 2. The average Bonchev–Trinajstić information content (AvgIpc) is 2.56. The van der Waals surface area contributed by atoms with Gasteiger partial charge in [0.25, 0.3) is 0 Å². The molecule has 2 nitrogen and oxygen atoms in total. The van der Waals surface area contributed by atoms with Crippen LogP contribution >= 0.6 is 0 Å². The van der Waals surface area contributed by atoms with Gasteiger partial charge in [-0.2, -0.15) is 0 Å². The highest BCUT2D eigenvalue weighted by atomic mass is 15.2. The van der Waals surface area contributed by atoms with Gasteiger partial charge < -0.3 is 5.73 Å². The molecule has 0 saturated heterocycles. The summed E-state index contributed by atoms with van der Waals surface area (Å²) in [6, 6.07) is 15.9. The van der Waals surface area contributed by atoms with E-state index in [0.29, 0.717) is 18.6 Å². The van der Waals surface area contributed by atoms with Crippen LogP contribution in [0.25, 0.3) is 10.8 Å². The van der Waals surface area contributed by atoms with Crippen molar-refractivity contribution in [1.82, 2.24) is 4.90 Å². The van der Waals surface area contributed by atoms with Crippen LogP contribution in [-0.4, -0.2) is 23.5 Å². The van der Waals surface area contributed by atoms with Crippen LogP contribution in [0, 0.1) is 0 Å². The van der Waals surface area contributed by atoms with Gasteiger partial charge in [-0.1, -0.05) is 63.2 Å². The molecule has 0 bridgehead atoms. The molecule has 0 saturated carbocycles. The van der Waals surface area contributed by atoms with Gasteiger partial charge in [-0.05, 0) is 50.6 Å². The number of fused-ring (bicyclic) bond motifs is 1. The summed E-state index contributed by atoms with van der Waals surface area (Å²) in [6.45, 7) is 16.9. The van der Waals surface area contributed by atoms with Crippen LogP contribution in [0.2, 0.25) is 0 Å². The lowest BCUT2D eigenvalue weighted by Crippen LogP contribution is -2.36. The number of nitrogens with two attached hydrogens (primary N) is 1. The fourth-order valence-corrected chi connectivity index (χ4v) is 2.80. The lowest BCUT2D eigenvalue weighted by atomic mass is 10.1. The molecule has 130 valence electrons. The van der Waals surface area contributed by atoms with E-state index in [0.717, 1.165) is 6.54 Å². The molecule has 0 fully saturated rings. The van der Waals surface area contributed by atoms with Gasteiger partial charge in [0.05, 0.1) is 0 Å². The van der Waals surface area contributed by atoms with Gasteiger partial charge in [0.15, 0.2) is 0 Å². The van der Waals surface area contributed by atoms with Crippen molar-refractivity contribution in [1.29, 1.82) is 0 Å². The molecule has 0 unspecified atom stereocenters. The van der Waals surface area contributed by atoms with Crippen molar-refractivity contribution in [2.75, 3.05) is 6.54 Å². The zero-order valence-electron chi connectivity index (χ0n) is 16.1. The number of rotatable bonds is 4. The van der Waals surface area contributed by atoms with Crippen molar-refractivity contribution in [2.45, 2.75) is 67.1 Å². The summed E-state index contributed by atoms with van der Waals surface area (Å²) < 4.78 is 0. The standard InChI is InChI=1S/C11H11N.C8H19N.C2H6/c12-8-10-6-3-5-9-4-1-2-7-11(9)10;1-6-9(7(2)3)8(4)5;1-2/h1-7H,8,12H2;7-8H,6H2,1-5H3;1-2H3. The van der Waals surface area contributed by atoms with Gasteiger partial charge in [0.2, 0.25) is 0 Å². The van der Waals surface area contributed by atoms with Crippen molar-refractivity contribution in [3.8, 4) is 0 Å². The summed E-state index contributed by atoms with van der Waals surface area (Å²) >= 11 is 0. The van der Waals surface area contributed by atoms with E-state index < -0.39 is 0 Å². The molecule has 0 amide bonds. The monoisotopic (exact) mass is 316 g/mol. The van der Waals surface area contributed by atoms with Crippen molar-refractivity contribution >= 4 is 10.8 Å². The first-order valence-corrected chi connectivity index (χ1v) is 8.93. The van der Waals surface area contributed by atoms with Gasteiger partial charge in [0.1, 0.15) is 0 Å². The molecule has 2 aromatic rings. The Labute approximate surface area is 143 Å². The Morgan fingerprint density at radius 3 is 1.83 bits per heavy atom. The maximum absolute atomic E-state index is 5.62. The number of nitrogens with zero attached hydrogens (tertiary/aromatic N) is 1. The van der Waals surface area contributed by atoms with E-state index in [1.807, 2.05) is 32.0 Å². The molecule has 0 heterocycles. The maximum atomic E-state index is 5.62. The van der Waals surface area contributed by atoms with Crippen molar-refractivity contribution in [3.63, 3.8) is 0 Å². The third-order valence-electron chi connectivity index (χ3n) is 3.79. The van der Waals surface area contributed by atoms with Crippen LogP contribution < -0.4 is 5.73 Å². The molecule has 0 aromatic heterocycles. The lowest BCUT2D eigenvalue weighted by Gasteiger charge is -2.28. The SMILES string of the molecule is CC.CCN(C(C)C)C(C)C.NCc1cccc2ccccc12. The van der Waals surface area contributed by atoms with Crippen LogP contribution in [0.4, 0.5) is 0 Å². The van der Waals surface area contributed by atoms with E-state index in [1.54, 1.807) is 0 Å². The zero-order chi connectivity index (χ0) is 17.8. The minimum atomic E-state index is 0.612. The molecule has 0 atom stereocenters. The first-order valence-electron chi connectivity index (χ1n) is 8.93. The van der Waals surface area contributed by atoms with E-state index in [-0.39, 0.29) is 0 Å². The van der Waals surface area contributed by atoms with Crippen LogP contribution in [0.3, 0.4) is 0 Å². The number of benzene rings is 2. The second-order valence-electron chi connectivity index (χ2n) is 5.86. The molecule has 2 N–H and O–H groups in total. The predicted octanol–water partition coefficient (Wildman–Crippen LogP) is 5.45. The summed E-state index contributed by atoms with van der Waals surface area (Å²) in [7, 11) is 0. The summed E-state index contributed by atoms with van der Waals surface area (Å²) in [5.74, 6) is 0. The van der Waals surface area contributed by atoms with E-state index in [2.05, 4.69) is 63.8 Å². The second kappa shape index (κ2) is 12.1. The lowest BCUT2D eigenvalue weighted by molar-refractivity contribution is 0.185. The second-order valence-corrected chi connectivity index (χ2v) is 5.86. The molecule has 2 rings (SSSR count). The molecule has 0 spiro atoms. The van der Waals surface area contributed by atoms with E-state index in [1.165, 1.54) is 16.3 Å². The molecule has 0 aliphatic carbocycles. The van der Waals surface area contributed by atoms with Gasteiger partial charge in [-0.25, -0.2) is 0 Å². The fraction of sp³-hybridized carbons (Fsp3) is 0.524. The average molecular weight is 317 g/mol. The van der Waals surface area contributed by atoms with Crippen molar-refractivity contribution in [3.05, 3.63) is 48.0 Å². The largest absolute Gasteiger partial charge is 0.326 e. The molecule has 2 heteroatoms. The van der Waals surface area contributed by atoms with Gasteiger partial charge in [-0.3, -0.25) is 4.90 Å². The molecule has 0 aliphatic rings. The van der Waals surface area contributed by atoms with Crippen molar-refractivity contribution < 1.29 is 0 Å². The Kier molecular flexibility index (Phi) is 11.4. The zero-order valence-corrected chi connectivity index (χ0v) is 16.1. The molecule has 2 aromatic carbocycles. The molecular weight excluding hydrogens is 280 g/mol. The van der Waals surface area contributed by atoms with Crippen LogP contribution in [0.15, 0.2) is 42.5 Å². The van der Waals surface area contributed by atoms with Gasteiger partial charge in [0, 0.05) is 18.6 Å². The predicted molar refractivity (Wildman–Crippen MR) is 106 cm³/mol. The van der Waals surface area contributed by atoms with Crippen molar-refractivity contribution in [2.24, 2.45) is 5.73 Å². The molecular formula is C21H36N2. The smallest absolute Gasteiger partial charge is 0.0184 e. The topological polar surface area (TPSA) is 29.3 Å². The highest BCUT2D eigenvalue weighted by Crippen LogP contribution is 2.17. The Morgan fingerprint density at radius 2 is 1.39 bits per heavy atom. The molecule has 23 heavy (non-hydrogen) atoms. The highest BCUT2D eigenvalue weighted by molar-refractivity contribution is 5.85. The minimum absolute atomic E-state index is 0.612. The Morgan fingerprint density at radius 1 is 0.870 bits per heavy atom. The normalized spacial score (nSPS) is 10.4. The first kappa shape index (κ1) is 21.6. The summed E-state index contributed by atoms with van der Waals surface area (Å²) in [6.07, 6.45) is 0. The third kappa shape index (κ3) is 7.15.